The van der Waals surface area contributed by atoms with Crippen LogP contribution in [0.25, 0.3) is 11.6 Å². The third kappa shape index (κ3) is 2.16. The van der Waals surface area contributed by atoms with Crippen LogP contribution in [0.15, 0.2) is 40.9 Å². The topological polar surface area (TPSA) is 38.3 Å². The normalized spacial score (nSPS) is 17.4. The van der Waals surface area contributed by atoms with E-state index in [9.17, 15) is 4.79 Å². The lowest BCUT2D eigenvalue weighted by Crippen LogP contribution is -2.03. The molecule has 2 aliphatic rings. The number of fused-ring (bicyclic) bond motifs is 2. The van der Waals surface area contributed by atoms with Crippen molar-refractivity contribution in [3.63, 3.8) is 0 Å². The molecule has 3 nitrogen and oxygen atoms in total. The maximum absolute atomic E-state index is 12.2. The Morgan fingerprint density at radius 2 is 2.10 bits per heavy atom. The van der Waals surface area contributed by atoms with Crippen molar-refractivity contribution in [3.8, 4) is 5.75 Å². The minimum Gasteiger partial charge on any atom is -0.493 e. The minimum absolute atomic E-state index is 0.0557. The Balaban J connectivity index is 1.80. The summed E-state index contributed by atoms with van der Waals surface area (Å²) in [7, 11) is 0. The van der Waals surface area contributed by atoms with Crippen molar-refractivity contribution in [2.75, 3.05) is 11.9 Å². The van der Waals surface area contributed by atoms with Gasteiger partial charge in [0.1, 0.15) is 5.75 Å². The molecule has 0 radical (unpaired) electrons. The minimum atomic E-state index is -0.0557. The Labute approximate surface area is 130 Å². The molecule has 2 aromatic rings. The van der Waals surface area contributed by atoms with Gasteiger partial charge in [0.15, 0.2) is 0 Å². The van der Waals surface area contributed by atoms with Gasteiger partial charge in [0.25, 0.3) is 5.91 Å². The zero-order valence-electron chi connectivity index (χ0n) is 11.2. The summed E-state index contributed by atoms with van der Waals surface area (Å²) >= 11 is 3.46. The zero-order valence-corrected chi connectivity index (χ0v) is 12.7. The van der Waals surface area contributed by atoms with Crippen LogP contribution >= 0.6 is 15.9 Å². The van der Waals surface area contributed by atoms with Gasteiger partial charge >= 0.3 is 0 Å². The van der Waals surface area contributed by atoms with E-state index >= 15 is 0 Å². The van der Waals surface area contributed by atoms with E-state index in [0.29, 0.717) is 5.57 Å². The number of hydrogen-bond acceptors (Lipinski definition) is 2. The fourth-order valence-corrected chi connectivity index (χ4v) is 3.13. The second-order valence-corrected chi connectivity index (χ2v) is 6.08. The number of rotatable bonds is 1. The number of nitrogens with one attached hydrogen (secondary N) is 1. The van der Waals surface area contributed by atoms with Crippen LogP contribution in [0.5, 0.6) is 5.75 Å². The Morgan fingerprint density at radius 3 is 3.00 bits per heavy atom. The number of amides is 1. The lowest BCUT2D eigenvalue weighted by Gasteiger charge is -2.02. The van der Waals surface area contributed by atoms with Crippen LogP contribution < -0.4 is 10.1 Å². The van der Waals surface area contributed by atoms with Gasteiger partial charge in [-0.1, -0.05) is 22.0 Å². The van der Waals surface area contributed by atoms with E-state index in [1.165, 1.54) is 5.56 Å². The van der Waals surface area contributed by atoms with Crippen molar-refractivity contribution in [1.82, 2.24) is 0 Å². The van der Waals surface area contributed by atoms with E-state index in [-0.39, 0.29) is 5.91 Å². The van der Waals surface area contributed by atoms with Gasteiger partial charge in [0.2, 0.25) is 0 Å². The van der Waals surface area contributed by atoms with Gasteiger partial charge in [-0.15, -0.1) is 0 Å². The highest BCUT2D eigenvalue weighted by molar-refractivity contribution is 9.10. The van der Waals surface area contributed by atoms with Gasteiger partial charge < -0.3 is 10.1 Å². The quantitative estimate of drug-likeness (QED) is 0.799. The highest BCUT2D eigenvalue weighted by atomic mass is 79.9. The summed E-state index contributed by atoms with van der Waals surface area (Å²) in [6.45, 7) is 0.742. The van der Waals surface area contributed by atoms with Crippen LogP contribution in [-0.2, 0) is 11.2 Å². The Kier molecular flexibility index (Phi) is 2.86. The first-order valence-corrected chi connectivity index (χ1v) is 7.59. The predicted molar refractivity (Wildman–Crippen MR) is 86.3 cm³/mol. The maximum Gasteiger partial charge on any atom is 0.256 e. The number of carbonyl (C=O) groups is 1. The van der Waals surface area contributed by atoms with E-state index in [0.717, 1.165) is 40.1 Å². The molecule has 0 bridgehead atoms. The molecule has 0 atom stereocenters. The smallest absolute Gasteiger partial charge is 0.256 e. The molecular weight excluding hydrogens is 330 g/mol. The molecule has 1 amide bonds. The first kappa shape index (κ1) is 12.7. The molecule has 21 heavy (non-hydrogen) atoms. The molecule has 0 aliphatic carbocycles. The van der Waals surface area contributed by atoms with E-state index in [1.807, 2.05) is 36.4 Å². The Bertz CT molecular complexity index is 795. The van der Waals surface area contributed by atoms with Crippen molar-refractivity contribution in [2.45, 2.75) is 6.42 Å². The molecule has 4 heteroatoms. The van der Waals surface area contributed by atoms with E-state index in [4.69, 9.17) is 4.74 Å². The first-order chi connectivity index (χ1) is 10.2. The number of halogens is 1. The molecule has 2 heterocycles. The molecular formula is C17H12BrNO2. The van der Waals surface area contributed by atoms with Gasteiger partial charge in [0.05, 0.1) is 6.61 Å². The lowest BCUT2D eigenvalue weighted by atomic mass is 10.0. The molecule has 104 valence electrons. The van der Waals surface area contributed by atoms with Crippen LogP contribution in [0, 0.1) is 0 Å². The molecule has 2 aromatic carbocycles. The molecule has 0 unspecified atom stereocenters. The van der Waals surface area contributed by atoms with Crippen molar-refractivity contribution in [3.05, 3.63) is 57.6 Å². The standard InChI is InChI=1S/C17H12BrNO2/c18-12-2-3-15-13(9-12)14(17(20)19-15)8-10-1-4-16-11(7-10)5-6-21-16/h1-4,7-9H,5-6H2,(H,19,20). The van der Waals surface area contributed by atoms with Gasteiger partial charge in [-0.3, -0.25) is 4.79 Å². The first-order valence-electron chi connectivity index (χ1n) is 6.79. The van der Waals surface area contributed by atoms with Crippen molar-refractivity contribution in [2.24, 2.45) is 0 Å². The largest absolute Gasteiger partial charge is 0.493 e. The van der Waals surface area contributed by atoms with Gasteiger partial charge in [-0.05, 0) is 47.5 Å². The van der Waals surface area contributed by atoms with Gasteiger partial charge in [0, 0.05) is 27.7 Å². The number of anilines is 1. The predicted octanol–water partition coefficient (Wildman–Crippen LogP) is 3.88. The third-order valence-electron chi connectivity index (χ3n) is 3.79. The summed E-state index contributed by atoms with van der Waals surface area (Å²) in [5.41, 5.74) is 4.73. The summed E-state index contributed by atoms with van der Waals surface area (Å²) in [4.78, 5) is 12.2. The van der Waals surface area contributed by atoms with Crippen LogP contribution in [0.4, 0.5) is 5.69 Å². The second kappa shape index (κ2) is 4.74. The number of benzene rings is 2. The number of carbonyl (C=O) groups excluding carboxylic acids is 1. The fraction of sp³-hybridized carbons (Fsp3) is 0.118. The van der Waals surface area contributed by atoms with E-state index in [1.54, 1.807) is 0 Å². The molecule has 0 saturated carbocycles. The third-order valence-corrected chi connectivity index (χ3v) is 4.28. The van der Waals surface area contributed by atoms with Crippen molar-refractivity contribution in [1.29, 1.82) is 0 Å². The average Bonchev–Trinajstić information content (AvgIpc) is 3.04. The second-order valence-electron chi connectivity index (χ2n) is 5.17. The van der Waals surface area contributed by atoms with Crippen molar-refractivity contribution < 1.29 is 9.53 Å². The summed E-state index contributed by atoms with van der Waals surface area (Å²) in [5, 5.41) is 2.89. The van der Waals surface area contributed by atoms with E-state index in [2.05, 4.69) is 27.3 Å². The Morgan fingerprint density at radius 1 is 1.19 bits per heavy atom. The van der Waals surface area contributed by atoms with Crippen molar-refractivity contribution >= 4 is 39.2 Å². The maximum atomic E-state index is 12.2. The van der Waals surface area contributed by atoms with Crippen LogP contribution in [0.1, 0.15) is 16.7 Å². The molecule has 0 saturated heterocycles. The van der Waals surface area contributed by atoms with E-state index < -0.39 is 0 Å². The Hall–Kier alpha value is -2.07. The van der Waals surface area contributed by atoms with Crippen LogP contribution in [-0.4, -0.2) is 12.5 Å². The van der Waals surface area contributed by atoms with Crippen LogP contribution in [0.2, 0.25) is 0 Å². The molecule has 0 spiro atoms. The van der Waals surface area contributed by atoms with Crippen LogP contribution in [0.3, 0.4) is 0 Å². The summed E-state index contributed by atoms with van der Waals surface area (Å²) in [5.74, 6) is 0.899. The highest BCUT2D eigenvalue weighted by Crippen LogP contribution is 2.35. The lowest BCUT2D eigenvalue weighted by molar-refractivity contribution is -0.110. The molecule has 0 fully saturated rings. The summed E-state index contributed by atoms with van der Waals surface area (Å²) in [6, 6.07) is 11.9. The van der Waals surface area contributed by atoms with Gasteiger partial charge in [-0.2, -0.15) is 0 Å². The zero-order chi connectivity index (χ0) is 14.4. The SMILES string of the molecule is O=C1Nc2ccc(Br)cc2C1=Cc1ccc2c(c1)CCO2. The molecule has 2 aliphatic heterocycles. The highest BCUT2D eigenvalue weighted by Gasteiger charge is 2.24. The summed E-state index contributed by atoms with van der Waals surface area (Å²) < 4.78 is 6.47. The molecule has 4 rings (SSSR count). The molecule has 0 aromatic heterocycles. The monoisotopic (exact) mass is 341 g/mol. The number of ether oxygens (including phenoxy) is 1. The molecule has 1 N–H and O–H groups in total. The fourth-order valence-electron chi connectivity index (χ4n) is 2.77. The number of hydrogen-bond donors (Lipinski definition) is 1. The van der Waals surface area contributed by atoms with Gasteiger partial charge in [-0.25, -0.2) is 0 Å². The summed E-state index contributed by atoms with van der Waals surface area (Å²) in [6.07, 6.45) is 2.87. The average molecular weight is 342 g/mol.